The van der Waals surface area contributed by atoms with Crippen molar-refractivity contribution in [1.82, 2.24) is 15.1 Å². The highest BCUT2D eigenvalue weighted by Crippen LogP contribution is 2.34. The van der Waals surface area contributed by atoms with Crippen molar-refractivity contribution in [3.8, 4) is 11.5 Å². The van der Waals surface area contributed by atoms with Crippen molar-refractivity contribution in [2.45, 2.75) is 6.04 Å². The summed E-state index contributed by atoms with van der Waals surface area (Å²) in [4.78, 5) is 0. The number of hydrogen-bond acceptors (Lipinski definition) is 4. The molecule has 0 spiro atoms. The number of rotatable bonds is 3. The maximum Gasteiger partial charge on any atom is 0.161 e. The Hall–Kier alpha value is -2.01. The first kappa shape index (κ1) is 12.0. The summed E-state index contributed by atoms with van der Waals surface area (Å²) in [5.41, 5.74) is 2.27. The van der Waals surface area contributed by atoms with Crippen molar-refractivity contribution < 1.29 is 9.47 Å². The predicted molar refractivity (Wildman–Crippen MR) is 71.5 cm³/mol. The smallest absolute Gasteiger partial charge is 0.161 e. The van der Waals surface area contributed by atoms with Crippen LogP contribution in [0, 0.1) is 0 Å². The van der Waals surface area contributed by atoms with Crippen LogP contribution in [-0.2, 0) is 7.05 Å². The van der Waals surface area contributed by atoms with Crippen LogP contribution in [0.4, 0.5) is 0 Å². The molecule has 3 rings (SSSR count). The number of benzene rings is 1. The Balaban J connectivity index is 1.95. The molecule has 1 unspecified atom stereocenters. The van der Waals surface area contributed by atoms with Crippen molar-refractivity contribution >= 4 is 0 Å². The molecule has 0 aliphatic carbocycles. The van der Waals surface area contributed by atoms with Crippen LogP contribution in [0.15, 0.2) is 30.6 Å². The molecule has 1 atom stereocenters. The lowest BCUT2D eigenvalue weighted by molar-refractivity contribution is 0.171. The second kappa shape index (κ2) is 4.93. The Kier molecular flexibility index (Phi) is 3.13. The van der Waals surface area contributed by atoms with Crippen LogP contribution in [0.2, 0.25) is 0 Å². The first-order chi connectivity index (χ1) is 9.28. The van der Waals surface area contributed by atoms with Gasteiger partial charge >= 0.3 is 0 Å². The lowest BCUT2D eigenvalue weighted by Crippen LogP contribution is -2.19. The Morgan fingerprint density at radius 1 is 1.21 bits per heavy atom. The molecule has 2 heterocycles. The zero-order valence-corrected chi connectivity index (χ0v) is 11.1. The summed E-state index contributed by atoms with van der Waals surface area (Å²) in [6, 6.07) is 6.15. The molecule has 0 radical (unpaired) electrons. The third kappa shape index (κ3) is 2.29. The van der Waals surface area contributed by atoms with Gasteiger partial charge < -0.3 is 14.8 Å². The topological polar surface area (TPSA) is 48.3 Å². The number of aryl methyl sites for hydroxylation is 1. The normalized spacial score (nSPS) is 15.3. The second-order valence-electron chi connectivity index (χ2n) is 4.57. The first-order valence-corrected chi connectivity index (χ1v) is 6.33. The van der Waals surface area contributed by atoms with E-state index in [-0.39, 0.29) is 6.04 Å². The molecule has 0 bridgehead atoms. The highest BCUT2D eigenvalue weighted by Gasteiger charge is 2.18. The van der Waals surface area contributed by atoms with E-state index in [0.29, 0.717) is 13.2 Å². The molecule has 1 aromatic carbocycles. The fraction of sp³-hybridized carbons (Fsp3) is 0.357. The van der Waals surface area contributed by atoms with E-state index < -0.39 is 0 Å². The molecule has 1 aromatic heterocycles. The molecule has 2 aromatic rings. The standard InChI is InChI=1S/C14H17N3O2/c1-15-14(11-8-16-17(2)9-11)10-3-4-12-13(7-10)19-6-5-18-12/h3-4,7-9,14-15H,5-6H2,1-2H3. The number of fused-ring (bicyclic) bond motifs is 1. The predicted octanol–water partition coefficient (Wildman–Crippen LogP) is 1.50. The first-order valence-electron chi connectivity index (χ1n) is 6.33. The molecule has 1 aliphatic heterocycles. The minimum Gasteiger partial charge on any atom is -0.486 e. The summed E-state index contributed by atoms with van der Waals surface area (Å²) in [5.74, 6) is 1.63. The van der Waals surface area contributed by atoms with Crippen LogP contribution < -0.4 is 14.8 Å². The molecule has 0 saturated heterocycles. The molecule has 5 nitrogen and oxygen atoms in total. The zero-order valence-electron chi connectivity index (χ0n) is 11.1. The summed E-state index contributed by atoms with van der Waals surface area (Å²) < 4.78 is 13.0. The van der Waals surface area contributed by atoms with Crippen LogP contribution in [0.25, 0.3) is 0 Å². The van der Waals surface area contributed by atoms with Crippen molar-refractivity contribution in [3.63, 3.8) is 0 Å². The van der Waals surface area contributed by atoms with Crippen LogP contribution in [0.1, 0.15) is 17.2 Å². The van der Waals surface area contributed by atoms with E-state index in [9.17, 15) is 0 Å². The fourth-order valence-electron chi connectivity index (χ4n) is 2.35. The Morgan fingerprint density at radius 3 is 2.68 bits per heavy atom. The summed E-state index contributed by atoms with van der Waals surface area (Å²) in [7, 11) is 3.86. The van der Waals surface area contributed by atoms with Gasteiger partial charge in [0.15, 0.2) is 11.5 Å². The molecular formula is C14H17N3O2. The average Bonchev–Trinajstić information content (AvgIpc) is 2.86. The zero-order chi connectivity index (χ0) is 13.2. The quantitative estimate of drug-likeness (QED) is 0.907. The number of ether oxygens (including phenoxy) is 2. The van der Waals surface area contributed by atoms with E-state index in [1.165, 1.54) is 0 Å². The Morgan fingerprint density at radius 2 is 2.00 bits per heavy atom. The lowest BCUT2D eigenvalue weighted by Gasteiger charge is -2.21. The van der Waals surface area contributed by atoms with Crippen LogP contribution >= 0.6 is 0 Å². The van der Waals surface area contributed by atoms with E-state index in [0.717, 1.165) is 22.6 Å². The van der Waals surface area contributed by atoms with Crippen molar-refractivity contribution in [3.05, 3.63) is 41.7 Å². The van der Waals surface area contributed by atoms with Gasteiger partial charge in [0.2, 0.25) is 0 Å². The number of aromatic nitrogens is 2. The molecule has 1 N–H and O–H groups in total. The Bertz CT molecular complexity index is 580. The number of nitrogens with one attached hydrogen (secondary N) is 1. The maximum absolute atomic E-state index is 5.63. The summed E-state index contributed by atoms with van der Waals surface area (Å²) in [5, 5.41) is 7.52. The van der Waals surface area contributed by atoms with Gasteiger partial charge in [0.1, 0.15) is 13.2 Å². The SMILES string of the molecule is CNC(c1ccc2c(c1)OCCO2)c1cnn(C)c1. The fourth-order valence-corrected chi connectivity index (χ4v) is 2.35. The molecule has 100 valence electrons. The van der Waals surface area contributed by atoms with Crippen LogP contribution in [0.5, 0.6) is 11.5 Å². The van der Waals surface area contributed by atoms with E-state index in [1.807, 2.05) is 38.6 Å². The van der Waals surface area contributed by atoms with Crippen molar-refractivity contribution in [2.24, 2.45) is 7.05 Å². The summed E-state index contributed by atoms with van der Waals surface area (Å²) in [6.45, 7) is 1.22. The van der Waals surface area contributed by atoms with Gasteiger partial charge in [-0.3, -0.25) is 4.68 Å². The van der Waals surface area contributed by atoms with Crippen molar-refractivity contribution in [1.29, 1.82) is 0 Å². The lowest BCUT2D eigenvalue weighted by atomic mass is 10.0. The van der Waals surface area contributed by atoms with Gasteiger partial charge in [0.25, 0.3) is 0 Å². The van der Waals surface area contributed by atoms with Gasteiger partial charge in [0, 0.05) is 18.8 Å². The number of nitrogens with zero attached hydrogens (tertiary/aromatic N) is 2. The molecule has 5 heteroatoms. The summed E-state index contributed by atoms with van der Waals surface area (Å²) in [6.07, 6.45) is 3.88. The third-order valence-corrected chi connectivity index (χ3v) is 3.25. The van der Waals surface area contributed by atoms with Gasteiger partial charge in [-0.15, -0.1) is 0 Å². The molecule has 0 fully saturated rings. The van der Waals surface area contributed by atoms with Crippen LogP contribution in [-0.4, -0.2) is 30.0 Å². The minimum absolute atomic E-state index is 0.101. The van der Waals surface area contributed by atoms with Gasteiger partial charge in [-0.05, 0) is 24.7 Å². The average molecular weight is 259 g/mol. The van der Waals surface area contributed by atoms with Gasteiger partial charge in [0.05, 0.1) is 12.2 Å². The monoisotopic (exact) mass is 259 g/mol. The minimum atomic E-state index is 0.101. The third-order valence-electron chi connectivity index (χ3n) is 3.25. The van der Waals surface area contributed by atoms with Gasteiger partial charge in [-0.2, -0.15) is 5.10 Å². The molecular weight excluding hydrogens is 242 g/mol. The van der Waals surface area contributed by atoms with Crippen LogP contribution in [0.3, 0.4) is 0 Å². The van der Waals surface area contributed by atoms with E-state index in [4.69, 9.17) is 9.47 Å². The van der Waals surface area contributed by atoms with E-state index in [2.05, 4.69) is 16.5 Å². The highest BCUT2D eigenvalue weighted by molar-refractivity contribution is 5.46. The summed E-state index contributed by atoms with van der Waals surface area (Å²) >= 11 is 0. The molecule has 19 heavy (non-hydrogen) atoms. The number of hydrogen-bond donors (Lipinski definition) is 1. The molecule has 0 amide bonds. The second-order valence-corrected chi connectivity index (χ2v) is 4.57. The van der Waals surface area contributed by atoms with Gasteiger partial charge in [-0.1, -0.05) is 6.07 Å². The van der Waals surface area contributed by atoms with E-state index >= 15 is 0 Å². The molecule has 0 saturated carbocycles. The Labute approximate surface area is 112 Å². The largest absolute Gasteiger partial charge is 0.486 e. The maximum atomic E-state index is 5.63. The molecule has 1 aliphatic rings. The van der Waals surface area contributed by atoms with E-state index in [1.54, 1.807) is 4.68 Å². The van der Waals surface area contributed by atoms with Crippen molar-refractivity contribution in [2.75, 3.05) is 20.3 Å². The van der Waals surface area contributed by atoms with Gasteiger partial charge in [-0.25, -0.2) is 0 Å². The highest BCUT2D eigenvalue weighted by atomic mass is 16.6.